The van der Waals surface area contributed by atoms with E-state index in [-0.39, 0.29) is 28.6 Å². The third-order valence-corrected chi connectivity index (χ3v) is 6.83. The van der Waals surface area contributed by atoms with Crippen LogP contribution in [0.25, 0.3) is 10.2 Å². The molecule has 0 saturated carbocycles. The molecule has 0 aliphatic heterocycles. The van der Waals surface area contributed by atoms with Gasteiger partial charge in [-0.25, -0.2) is 13.4 Å². The van der Waals surface area contributed by atoms with E-state index in [1.54, 1.807) is 25.1 Å². The second-order valence-electron chi connectivity index (χ2n) is 7.42. The number of halogens is 1. The summed E-state index contributed by atoms with van der Waals surface area (Å²) in [5, 5.41) is 11.7. The van der Waals surface area contributed by atoms with Crippen LogP contribution in [0.3, 0.4) is 0 Å². The van der Waals surface area contributed by atoms with Gasteiger partial charge in [0.1, 0.15) is 0 Å². The van der Waals surface area contributed by atoms with Crippen molar-refractivity contribution >= 4 is 60.5 Å². The molecular weight excluding hydrogens is 476 g/mol. The Labute approximate surface area is 196 Å². The van der Waals surface area contributed by atoms with Gasteiger partial charge in [-0.3, -0.25) is 19.8 Å². The topological polar surface area (TPSA) is 114 Å². The van der Waals surface area contributed by atoms with Crippen molar-refractivity contribution < 1.29 is 18.1 Å². The highest BCUT2D eigenvalue weighted by molar-refractivity contribution is 7.90. The lowest BCUT2D eigenvalue weighted by atomic mass is 10.1. The van der Waals surface area contributed by atoms with Gasteiger partial charge < -0.3 is 4.90 Å². The number of hydrogen-bond donors (Lipinski definition) is 0. The Balaban J connectivity index is 0.00000363. The predicted octanol–water partition coefficient (Wildman–Crippen LogP) is 3.55. The molecule has 172 valence electrons. The van der Waals surface area contributed by atoms with E-state index in [9.17, 15) is 23.3 Å². The monoisotopic (exact) mass is 498 g/mol. The van der Waals surface area contributed by atoms with E-state index >= 15 is 0 Å². The van der Waals surface area contributed by atoms with Crippen LogP contribution >= 0.6 is 23.7 Å². The van der Waals surface area contributed by atoms with Gasteiger partial charge in [0.15, 0.2) is 15.0 Å². The van der Waals surface area contributed by atoms with Crippen LogP contribution in [0.1, 0.15) is 15.9 Å². The highest BCUT2D eigenvalue weighted by atomic mass is 35.5. The number of nitro groups is 1. The van der Waals surface area contributed by atoms with Crippen LogP contribution in [0.5, 0.6) is 0 Å². The maximum atomic E-state index is 13.3. The van der Waals surface area contributed by atoms with Crippen LogP contribution in [0.2, 0.25) is 0 Å². The third-order valence-electron chi connectivity index (χ3n) is 4.68. The fraction of sp³-hybridized carbons (Fsp3) is 0.300. The van der Waals surface area contributed by atoms with E-state index in [0.29, 0.717) is 34.0 Å². The number of sulfone groups is 1. The summed E-state index contributed by atoms with van der Waals surface area (Å²) in [7, 11) is 0.367. The van der Waals surface area contributed by atoms with E-state index < -0.39 is 20.7 Å². The van der Waals surface area contributed by atoms with E-state index in [4.69, 9.17) is 0 Å². The highest BCUT2D eigenvalue weighted by Crippen LogP contribution is 2.32. The van der Waals surface area contributed by atoms with Gasteiger partial charge in [0.25, 0.3) is 11.6 Å². The van der Waals surface area contributed by atoms with E-state index in [2.05, 4.69) is 4.98 Å². The number of amides is 1. The predicted molar refractivity (Wildman–Crippen MR) is 128 cm³/mol. The minimum absolute atomic E-state index is 0. The number of thiazole rings is 1. The van der Waals surface area contributed by atoms with Crippen molar-refractivity contribution in [2.24, 2.45) is 0 Å². The van der Waals surface area contributed by atoms with E-state index in [1.807, 2.05) is 19.0 Å². The van der Waals surface area contributed by atoms with Crippen molar-refractivity contribution in [3.63, 3.8) is 0 Å². The van der Waals surface area contributed by atoms with E-state index in [1.165, 1.54) is 34.4 Å². The summed E-state index contributed by atoms with van der Waals surface area (Å²) in [6, 6.07) is 9.01. The minimum Gasteiger partial charge on any atom is -0.308 e. The molecule has 0 unspecified atom stereocenters. The zero-order valence-electron chi connectivity index (χ0n) is 17.9. The quantitative estimate of drug-likeness (QED) is 0.361. The van der Waals surface area contributed by atoms with E-state index in [0.717, 1.165) is 6.26 Å². The standard InChI is InChI=1S/C20H22N4O5S2.ClH/c1-13-5-6-14(11-17(13)24(26)27)19(25)23(10-9-22(2)3)20-21-16-8-7-15(31(4,28)29)12-18(16)30-20;/h5-8,11-12H,9-10H2,1-4H3;1H. The Morgan fingerprint density at radius 3 is 2.44 bits per heavy atom. The zero-order chi connectivity index (χ0) is 22.9. The Morgan fingerprint density at radius 1 is 1.16 bits per heavy atom. The summed E-state index contributed by atoms with van der Waals surface area (Å²) in [5.74, 6) is -0.410. The molecule has 32 heavy (non-hydrogen) atoms. The molecule has 0 N–H and O–H groups in total. The number of aryl methyl sites for hydroxylation is 1. The molecular formula is C20H23ClN4O5S2. The summed E-state index contributed by atoms with van der Waals surface area (Å²) in [6.07, 6.45) is 1.13. The molecule has 1 heterocycles. The van der Waals surface area contributed by atoms with Gasteiger partial charge in [-0.1, -0.05) is 17.4 Å². The van der Waals surface area contributed by atoms with Crippen molar-refractivity contribution in [3.05, 3.63) is 57.6 Å². The molecule has 3 aromatic rings. The Bertz CT molecular complexity index is 1270. The molecule has 3 rings (SSSR count). The molecule has 0 atom stereocenters. The molecule has 0 saturated heterocycles. The summed E-state index contributed by atoms with van der Waals surface area (Å²) in [6.45, 7) is 2.47. The Morgan fingerprint density at radius 2 is 1.84 bits per heavy atom. The van der Waals surface area contributed by atoms with Crippen LogP contribution in [-0.4, -0.2) is 62.6 Å². The van der Waals surface area contributed by atoms with Crippen LogP contribution in [0, 0.1) is 17.0 Å². The molecule has 12 heteroatoms. The summed E-state index contributed by atoms with van der Waals surface area (Å²) in [5.41, 5.74) is 1.10. The molecule has 0 spiro atoms. The average molecular weight is 499 g/mol. The second kappa shape index (κ2) is 9.90. The third kappa shape index (κ3) is 5.60. The number of aromatic nitrogens is 1. The first-order chi connectivity index (χ1) is 14.5. The lowest BCUT2D eigenvalue weighted by Crippen LogP contribution is -2.36. The first kappa shape index (κ1) is 25.7. The lowest BCUT2D eigenvalue weighted by Gasteiger charge is -2.22. The van der Waals surface area contributed by atoms with Gasteiger partial charge in [-0.2, -0.15) is 0 Å². The van der Waals surface area contributed by atoms with Crippen LogP contribution < -0.4 is 4.90 Å². The van der Waals surface area contributed by atoms with Gasteiger partial charge >= 0.3 is 0 Å². The molecule has 0 radical (unpaired) electrons. The number of nitro benzene ring substituents is 1. The van der Waals surface area contributed by atoms with Crippen molar-refractivity contribution in [3.8, 4) is 0 Å². The number of nitrogens with zero attached hydrogens (tertiary/aromatic N) is 4. The van der Waals surface area contributed by atoms with Gasteiger partial charge in [-0.05, 0) is 45.3 Å². The molecule has 2 aromatic carbocycles. The minimum atomic E-state index is -3.38. The number of rotatable bonds is 7. The first-order valence-electron chi connectivity index (χ1n) is 9.29. The number of likely N-dealkylation sites (N-methyl/N-ethyl adjacent to an activating group) is 1. The van der Waals surface area contributed by atoms with Crippen molar-refractivity contribution in [2.75, 3.05) is 38.3 Å². The van der Waals surface area contributed by atoms with Crippen LogP contribution in [-0.2, 0) is 9.84 Å². The SMILES string of the molecule is Cc1ccc(C(=O)N(CCN(C)C)c2nc3ccc(S(C)(=O)=O)cc3s2)cc1[N+](=O)[O-].Cl. The number of fused-ring (bicyclic) bond motifs is 1. The molecule has 0 aliphatic carbocycles. The number of benzene rings is 2. The Kier molecular flexibility index (Phi) is 7.94. The Hall–Kier alpha value is -2.60. The summed E-state index contributed by atoms with van der Waals surface area (Å²) in [4.78, 5) is 32.2. The normalized spacial score (nSPS) is 11.4. The number of carbonyl (C=O) groups is 1. The molecule has 0 aliphatic rings. The van der Waals surface area contributed by atoms with Crippen LogP contribution in [0.4, 0.5) is 10.8 Å². The highest BCUT2D eigenvalue weighted by Gasteiger charge is 2.24. The van der Waals surface area contributed by atoms with Gasteiger partial charge in [0.05, 0.1) is 20.0 Å². The van der Waals surface area contributed by atoms with Crippen molar-refractivity contribution in [1.82, 2.24) is 9.88 Å². The molecule has 1 aromatic heterocycles. The fourth-order valence-electron chi connectivity index (χ4n) is 2.92. The summed E-state index contributed by atoms with van der Waals surface area (Å²) < 4.78 is 24.4. The first-order valence-corrected chi connectivity index (χ1v) is 12.0. The second-order valence-corrected chi connectivity index (χ2v) is 10.4. The molecule has 9 nitrogen and oxygen atoms in total. The number of carbonyl (C=O) groups excluding carboxylic acids is 1. The molecule has 0 fully saturated rings. The summed E-state index contributed by atoms with van der Waals surface area (Å²) >= 11 is 1.20. The van der Waals surface area contributed by atoms with Crippen molar-refractivity contribution in [1.29, 1.82) is 0 Å². The van der Waals surface area contributed by atoms with Gasteiger partial charge in [0.2, 0.25) is 0 Å². The smallest absolute Gasteiger partial charge is 0.273 e. The maximum absolute atomic E-state index is 13.3. The average Bonchev–Trinajstić information content (AvgIpc) is 3.10. The number of anilines is 1. The molecule has 0 bridgehead atoms. The fourth-order valence-corrected chi connectivity index (χ4v) is 4.67. The largest absolute Gasteiger partial charge is 0.308 e. The number of hydrogen-bond acceptors (Lipinski definition) is 8. The lowest BCUT2D eigenvalue weighted by molar-refractivity contribution is -0.385. The van der Waals surface area contributed by atoms with Gasteiger partial charge in [0, 0.05) is 36.5 Å². The van der Waals surface area contributed by atoms with Crippen molar-refractivity contribution in [2.45, 2.75) is 11.8 Å². The maximum Gasteiger partial charge on any atom is 0.273 e. The van der Waals surface area contributed by atoms with Gasteiger partial charge in [-0.15, -0.1) is 12.4 Å². The molecule has 1 amide bonds. The zero-order valence-corrected chi connectivity index (χ0v) is 20.4. The van der Waals surface area contributed by atoms with Crippen LogP contribution in [0.15, 0.2) is 41.3 Å².